The molecule has 0 aliphatic carbocycles. The molecule has 1 aliphatic rings. The van der Waals surface area contributed by atoms with Gasteiger partial charge in [-0.3, -0.25) is 9.79 Å². The minimum atomic E-state index is -0.499. The number of halogens is 1. The highest BCUT2D eigenvalue weighted by molar-refractivity contribution is 14.0. The summed E-state index contributed by atoms with van der Waals surface area (Å²) in [5, 5.41) is 3.01. The number of nitrogens with one attached hydrogen (secondary N) is 1. The van der Waals surface area contributed by atoms with Crippen molar-refractivity contribution < 1.29 is 19.0 Å². The van der Waals surface area contributed by atoms with Gasteiger partial charge in [0.15, 0.2) is 17.5 Å². The molecule has 0 aromatic heterocycles. The molecule has 0 fully saturated rings. The Hall–Kier alpha value is -1.71. The number of carbonyl (C=O) groups excluding carboxylic acids is 1. The molecule has 1 aliphatic heterocycles. The number of esters is 1. The molecule has 8 heteroatoms. The Kier molecular flexibility index (Phi) is 7.78. The van der Waals surface area contributed by atoms with Gasteiger partial charge in [0.2, 0.25) is 6.79 Å². The van der Waals surface area contributed by atoms with Crippen molar-refractivity contribution in [3.63, 3.8) is 0 Å². The Morgan fingerprint density at radius 3 is 2.64 bits per heavy atom. The van der Waals surface area contributed by atoms with E-state index in [2.05, 4.69) is 10.3 Å². The van der Waals surface area contributed by atoms with Gasteiger partial charge in [0.25, 0.3) is 0 Å². The van der Waals surface area contributed by atoms with Crippen molar-refractivity contribution in [1.82, 2.24) is 10.2 Å². The van der Waals surface area contributed by atoms with E-state index in [0.717, 1.165) is 17.1 Å². The summed E-state index contributed by atoms with van der Waals surface area (Å²) in [5.41, 5.74) is 0.558. The molecule has 7 nitrogen and oxygen atoms in total. The lowest BCUT2D eigenvalue weighted by molar-refractivity contribution is -0.153. The fourth-order valence-electron chi connectivity index (χ4n) is 2.30. The first-order valence-electron chi connectivity index (χ1n) is 7.80. The first kappa shape index (κ1) is 21.3. The van der Waals surface area contributed by atoms with Crippen molar-refractivity contribution >= 4 is 35.9 Å². The van der Waals surface area contributed by atoms with Crippen molar-refractivity contribution in [2.45, 2.75) is 32.9 Å². The minimum absolute atomic E-state index is 0. The number of aliphatic imine (C=N–C) groups is 1. The van der Waals surface area contributed by atoms with Gasteiger partial charge in [-0.05, 0) is 38.5 Å². The zero-order valence-corrected chi connectivity index (χ0v) is 17.6. The zero-order chi connectivity index (χ0) is 17.7. The molecular formula is C17H26IN3O4. The number of rotatable bonds is 4. The van der Waals surface area contributed by atoms with Gasteiger partial charge >= 0.3 is 5.97 Å². The highest BCUT2D eigenvalue weighted by Gasteiger charge is 2.18. The maximum absolute atomic E-state index is 11.8. The van der Waals surface area contributed by atoms with Gasteiger partial charge < -0.3 is 24.4 Å². The van der Waals surface area contributed by atoms with Crippen LogP contribution in [-0.2, 0) is 16.1 Å². The van der Waals surface area contributed by atoms with Crippen LogP contribution in [0.2, 0.25) is 0 Å². The van der Waals surface area contributed by atoms with E-state index in [1.807, 2.05) is 50.9 Å². The van der Waals surface area contributed by atoms with Crippen LogP contribution in [0.4, 0.5) is 0 Å². The number of hydrogen-bond donors (Lipinski definition) is 1. The first-order chi connectivity index (χ1) is 11.3. The van der Waals surface area contributed by atoms with Gasteiger partial charge in [0, 0.05) is 20.6 Å². The second-order valence-corrected chi connectivity index (χ2v) is 6.53. The van der Waals surface area contributed by atoms with Crippen molar-refractivity contribution in [3.05, 3.63) is 23.8 Å². The number of ether oxygens (including phenoxy) is 3. The highest BCUT2D eigenvalue weighted by atomic mass is 127. The quantitative estimate of drug-likeness (QED) is 0.320. The molecule has 0 saturated heterocycles. The third kappa shape index (κ3) is 6.60. The van der Waals surface area contributed by atoms with E-state index in [0.29, 0.717) is 12.5 Å². The van der Waals surface area contributed by atoms with Crippen LogP contribution in [-0.4, -0.2) is 49.9 Å². The lowest BCUT2D eigenvalue weighted by Crippen LogP contribution is -2.42. The zero-order valence-electron chi connectivity index (χ0n) is 15.3. The smallest absolute Gasteiger partial charge is 0.325 e. The molecule has 1 aromatic carbocycles. The molecule has 2 rings (SSSR count). The Morgan fingerprint density at radius 2 is 2.00 bits per heavy atom. The summed E-state index contributed by atoms with van der Waals surface area (Å²) < 4.78 is 16.0. The second-order valence-electron chi connectivity index (χ2n) is 6.53. The fraction of sp³-hybridized carbons (Fsp3) is 0.529. The average Bonchev–Trinajstić information content (AvgIpc) is 2.93. The predicted molar refractivity (Wildman–Crippen MR) is 107 cm³/mol. The van der Waals surface area contributed by atoms with Gasteiger partial charge in [-0.25, -0.2) is 0 Å². The Balaban J connectivity index is 0.00000312. The van der Waals surface area contributed by atoms with Crippen LogP contribution in [0.25, 0.3) is 0 Å². The Labute approximate surface area is 165 Å². The number of fused-ring (bicyclic) bond motifs is 1. The van der Waals surface area contributed by atoms with Crippen LogP contribution in [0.3, 0.4) is 0 Å². The standard InChI is InChI=1S/C17H25N3O4.HI/c1-17(2,3)24-15(21)9-19-16(18-4)20(5)10-12-6-7-13-14(8-12)23-11-22-13;/h6-8H,9-11H2,1-5H3,(H,18,19);1H. The number of hydrogen-bond acceptors (Lipinski definition) is 5. The monoisotopic (exact) mass is 463 g/mol. The van der Waals surface area contributed by atoms with Crippen molar-refractivity contribution in [3.8, 4) is 11.5 Å². The predicted octanol–water partition coefficient (Wildman–Crippen LogP) is 2.38. The molecular weight excluding hydrogens is 437 g/mol. The summed E-state index contributed by atoms with van der Waals surface area (Å²) in [6.07, 6.45) is 0. The third-order valence-electron chi connectivity index (χ3n) is 3.24. The van der Waals surface area contributed by atoms with Crippen LogP contribution >= 0.6 is 24.0 Å². The molecule has 0 bridgehead atoms. The largest absolute Gasteiger partial charge is 0.459 e. The lowest BCUT2D eigenvalue weighted by atomic mass is 10.2. The van der Waals surface area contributed by atoms with Gasteiger partial charge in [0.05, 0.1) is 0 Å². The van der Waals surface area contributed by atoms with Crippen LogP contribution in [0.15, 0.2) is 23.2 Å². The van der Waals surface area contributed by atoms with Gasteiger partial charge in [-0.1, -0.05) is 6.07 Å². The number of nitrogens with zero attached hydrogens (tertiary/aromatic N) is 2. The first-order valence-corrected chi connectivity index (χ1v) is 7.80. The van der Waals surface area contributed by atoms with Crippen molar-refractivity contribution in [2.75, 3.05) is 27.4 Å². The molecule has 25 heavy (non-hydrogen) atoms. The molecule has 1 aromatic rings. The van der Waals surface area contributed by atoms with Gasteiger partial charge in [-0.2, -0.15) is 0 Å². The maximum Gasteiger partial charge on any atom is 0.325 e. The van der Waals surface area contributed by atoms with Crippen LogP contribution in [0.1, 0.15) is 26.3 Å². The maximum atomic E-state index is 11.8. The summed E-state index contributed by atoms with van der Waals surface area (Å²) in [6.45, 7) is 6.45. The molecule has 1 N–H and O–H groups in total. The van der Waals surface area contributed by atoms with E-state index in [9.17, 15) is 4.79 Å². The topological polar surface area (TPSA) is 72.4 Å². The number of benzene rings is 1. The van der Waals surface area contributed by atoms with E-state index in [1.165, 1.54) is 0 Å². The van der Waals surface area contributed by atoms with Crippen LogP contribution < -0.4 is 14.8 Å². The fourth-order valence-corrected chi connectivity index (χ4v) is 2.30. The summed E-state index contributed by atoms with van der Waals surface area (Å²) in [7, 11) is 3.57. The normalized spacial score (nSPS) is 13.1. The third-order valence-corrected chi connectivity index (χ3v) is 3.24. The summed E-state index contributed by atoms with van der Waals surface area (Å²) >= 11 is 0. The number of guanidine groups is 1. The summed E-state index contributed by atoms with van der Waals surface area (Å²) in [4.78, 5) is 17.9. The molecule has 0 amide bonds. The summed E-state index contributed by atoms with van der Waals surface area (Å²) in [5.74, 6) is 1.80. The van der Waals surface area contributed by atoms with Crippen LogP contribution in [0, 0.1) is 0 Å². The molecule has 0 saturated carbocycles. The average molecular weight is 463 g/mol. The van der Waals surface area contributed by atoms with Gasteiger partial charge in [0.1, 0.15) is 12.1 Å². The Morgan fingerprint density at radius 1 is 1.32 bits per heavy atom. The van der Waals surface area contributed by atoms with E-state index < -0.39 is 5.60 Å². The molecule has 0 spiro atoms. The molecule has 0 atom stereocenters. The molecule has 0 unspecified atom stereocenters. The van der Waals surface area contributed by atoms with Gasteiger partial charge in [-0.15, -0.1) is 24.0 Å². The van der Waals surface area contributed by atoms with E-state index in [1.54, 1.807) is 7.05 Å². The summed E-state index contributed by atoms with van der Waals surface area (Å²) in [6, 6.07) is 5.81. The lowest BCUT2D eigenvalue weighted by Gasteiger charge is -2.23. The SMILES string of the molecule is CN=C(NCC(=O)OC(C)(C)C)N(C)Cc1ccc2c(c1)OCO2.I. The van der Waals surface area contributed by atoms with E-state index >= 15 is 0 Å². The molecule has 1 heterocycles. The molecule has 140 valence electrons. The highest BCUT2D eigenvalue weighted by Crippen LogP contribution is 2.32. The molecule has 0 radical (unpaired) electrons. The second kappa shape index (κ2) is 9.12. The van der Waals surface area contributed by atoms with Crippen LogP contribution in [0.5, 0.6) is 11.5 Å². The van der Waals surface area contributed by atoms with E-state index in [4.69, 9.17) is 14.2 Å². The Bertz CT molecular complexity index is 629. The van der Waals surface area contributed by atoms with Crippen molar-refractivity contribution in [2.24, 2.45) is 4.99 Å². The van der Waals surface area contributed by atoms with E-state index in [-0.39, 0.29) is 43.3 Å². The van der Waals surface area contributed by atoms with Crippen molar-refractivity contribution in [1.29, 1.82) is 0 Å². The number of carbonyl (C=O) groups is 1. The minimum Gasteiger partial charge on any atom is -0.459 e.